The van der Waals surface area contributed by atoms with E-state index in [9.17, 15) is 15.2 Å². The number of non-ortho nitro benzene ring substituents is 1. The fraction of sp³-hybridized carbons (Fsp3) is 0.0833. The summed E-state index contributed by atoms with van der Waals surface area (Å²) in [6.07, 6.45) is 0. The van der Waals surface area contributed by atoms with Gasteiger partial charge in [0.2, 0.25) is 5.95 Å². The van der Waals surface area contributed by atoms with Crippen LogP contribution in [-0.4, -0.2) is 20.0 Å². The van der Waals surface area contributed by atoms with E-state index in [0.717, 1.165) is 12.1 Å². The zero-order chi connectivity index (χ0) is 16.4. The summed E-state index contributed by atoms with van der Waals surface area (Å²) < 4.78 is 0. The Hall–Kier alpha value is -3.12. The fourth-order valence-corrected chi connectivity index (χ4v) is 2.07. The number of nitrogen functional groups attached to an aromatic ring is 2. The van der Waals surface area contributed by atoms with Crippen molar-refractivity contribution in [3.05, 3.63) is 33.4 Å². The van der Waals surface area contributed by atoms with Gasteiger partial charge in [-0.25, -0.2) is 4.98 Å². The lowest BCUT2D eigenvalue weighted by molar-refractivity contribution is -0.384. The fourth-order valence-electron chi connectivity index (χ4n) is 1.87. The second-order valence-electron chi connectivity index (χ2n) is 4.19. The molecule has 2 rings (SSSR count). The summed E-state index contributed by atoms with van der Waals surface area (Å²) in [6.45, 7) is 0. The summed E-state index contributed by atoms with van der Waals surface area (Å²) in [5, 5.41) is 30.3. The van der Waals surface area contributed by atoms with Gasteiger partial charge in [0.15, 0.2) is 0 Å². The number of halogens is 1. The van der Waals surface area contributed by atoms with Crippen LogP contribution in [0.25, 0.3) is 11.3 Å². The molecule has 0 amide bonds. The number of hydrogen-bond acceptors (Lipinski definition) is 8. The third kappa shape index (κ3) is 2.55. The molecule has 0 aliphatic rings. The molecule has 0 atom stereocenters. The van der Waals surface area contributed by atoms with Crippen LogP contribution >= 0.6 is 11.6 Å². The van der Waals surface area contributed by atoms with Crippen molar-refractivity contribution in [2.45, 2.75) is 5.88 Å². The maximum Gasteiger partial charge on any atom is 0.270 e. The van der Waals surface area contributed by atoms with Crippen molar-refractivity contribution in [2.75, 3.05) is 11.5 Å². The first-order valence-corrected chi connectivity index (χ1v) is 6.32. The molecule has 0 saturated heterocycles. The Kier molecular flexibility index (Phi) is 3.96. The monoisotopic (exact) mass is 320 g/mol. The molecule has 0 radical (unpaired) electrons. The minimum Gasteiger partial charge on any atom is -0.507 e. The lowest BCUT2D eigenvalue weighted by atomic mass is 10.0. The van der Waals surface area contributed by atoms with E-state index in [4.69, 9.17) is 28.3 Å². The van der Waals surface area contributed by atoms with Crippen LogP contribution in [0.1, 0.15) is 11.1 Å². The number of aromatic nitrogens is 2. The van der Waals surface area contributed by atoms with Crippen LogP contribution in [0.5, 0.6) is 5.75 Å². The first-order chi connectivity index (χ1) is 10.4. The number of nitro benzene ring substituents is 1. The molecule has 1 heterocycles. The Morgan fingerprint density at radius 1 is 1.41 bits per heavy atom. The quantitative estimate of drug-likeness (QED) is 0.435. The van der Waals surface area contributed by atoms with Crippen LogP contribution in [0, 0.1) is 21.4 Å². The van der Waals surface area contributed by atoms with E-state index in [2.05, 4.69) is 9.97 Å². The van der Waals surface area contributed by atoms with E-state index in [-0.39, 0.29) is 51.5 Å². The van der Waals surface area contributed by atoms with Gasteiger partial charge in [0.25, 0.3) is 5.69 Å². The Morgan fingerprint density at radius 3 is 2.64 bits per heavy atom. The number of alkyl halides is 1. The van der Waals surface area contributed by atoms with Gasteiger partial charge in [-0.1, -0.05) is 0 Å². The number of nitro groups is 1. The van der Waals surface area contributed by atoms with E-state index in [0.29, 0.717) is 0 Å². The van der Waals surface area contributed by atoms with E-state index in [1.54, 1.807) is 6.07 Å². The number of phenols is 1. The molecule has 2 aromatic rings. The molecule has 22 heavy (non-hydrogen) atoms. The lowest BCUT2D eigenvalue weighted by Gasteiger charge is -2.10. The van der Waals surface area contributed by atoms with Crippen molar-refractivity contribution in [3.63, 3.8) is 0 Å². The molecular formula is C12H9ClN6O3. The van der Waals surface area contributed by atoms with E-state index in [1.807, 2.05) is 0 Å². The van der Waals surface area contributed by atoms with Crippen molar-refractivity contribution in [2.24, 2.45) is 0 Å². The van der Waals surface area contributed by atoms with Crippen LogP contribution in [-0.2, 0) is 5.88 Å². The van der Waals surface area contributed by atoms with Gasteiger partial charge in [0.05, 0.1) is 22.1 Å². The molecule has 5 N–H and O–H groups in total. The Labute approximate surface area is 128 Å². The standard InChI is InChI=1S/C12H9ClN6O3/c13-3-5-1-6(19(21)22)2-7(10(5)20)9-8(4-14)11(15)18-12(16)17-9/h1-2,20H,3H2,(H4,15,16,17,18). The van der Waals surface area contributed by atoms with Crippen LogP contribution < -0.4 is 11.5 Å². The highest BCUT2D eigenvalue weighted by Gasteiger charge is 2.22. The van der Waals surface area contributed by atoms with Crippen molar-refractivity contribution in [1.82, 2.24) is 9.97 Å². The molecule has 0 fully saturated rings. The van der Waals surface area contributed by atoms with Crippen LogP contribution in [0.3, 0.4) is 0 Å². The van der Waals surface area contributed by atoms with Crippen LogP contribution in [0.15, 0.2) is 12.1 Å². The topological polar surface area (TPSA) is 165 Å². The highest BCUT2D eigenvalue weighted by atomic mass is 35.5. The summed E-state index contributed by atoms with van der Waals surface area (Å²) in [5.74, 6) is -0.930. The Balaban J connectivity index is 2.86. The highest BCUT2D eigenvalue weighted by molar-refractivity contribution is 6.17. The molecular weight excluding hydrogens is 312 g/mol. The van der Waals surface area contributed by atoms with E-state index < -0.39 is 4.92 Å². The molecule has 112 valence electrons. The molecule has 0 bridgehead atoms. The third-order valence-electron chi connectivity index (χ3n) is 2.85. The number of aromatic hydroxyl groups is 1. The number of phenolic OH excluding ortho intramolecular Hbond substituents is 1. The smallest absolute Gasteiger partial charge is 0.270 e. The predicted octanol–water partition coefficient (Wildman–Crippen LogP) is 1.53. The second-order valence-corrected chi connectivity index (χ2v) is 4.46. The number of nitrogens with two attached hydrogens (primary N) is 2. The predicted molar refractivity (Wildman–Crippen MR) is 78.9 cm³/mol. The SMILES string of the molecule is N#Cc1c(N)nc(N)nc1-c1cc([N+](=O)[O-])cc(CCl)c1O. The summed E-state index contributed by atoms with van der Waals surface area (Å²) >= 11 is 5.67. The van der Waals surface area contributed by atoms with Crippen LogP contribution in [0.4, 0.5) is 17.5 Å². The summed E-state index contributed by atoms with van der Waals surface area (Å²) in [6, 6.07) is 3.98. The zero-order valence-corrected chi connectivity index (χ0v) is 11.7. The van der Waals surface area contributed by atoms with E-state index in [1.165, 1.54) is 0 Å². The van der Waals surface area contributed by atoms with Gasteiger partial charge < -0.3 is 16.6 Å². The molecule has 9 nitrogen and oxygen atoms in total. The maximum absolute atomic E-state index is 11.0. The molecule has 0 aliphatic heterocycles. The molecule has 0 saturated carbocycles. The molecule has 1 aromatic carbocycles. The first kappa shape index (κ1) is 15.3. The number of nitriles is 1. The van der Waals surface area contributed by atoms with Gasteiger partial charge in [-0.15, -0.1) is 11.6 Å². The van der Waals surface area contributed by atoms with Crippen molar-refractivity contribution in [3.8, 4) is 23.1 Å². The number of hydrogen-bond donors (Lipinski definition) is 3. The Bertz CT molecular complexity index is 817. The zero-order valence-electron chi connectivity index (χ0n) is 10.9. The minimum absolute atomic E-state index is 0.0674. The molecule has 0 unspecified atom stereocenters. The highest BCUT2D eigenvalue weighted by Crippen LogP contribution is 2.38. The molecule has 10 heteroatoms. The number of rotatable bonds is 3. The van der Waals surface area contributed by atoms with Gasteiger partial charge in [0, 0.05) is 17.7 Å². The van der Waals surface area contributed by atoms with Crippen molar-refractivity contribution < 1.29 is 10.0 Å². The second kappa shape index (κ2) is 5.71. The van der Waals surface area contributed by atoms with Crippen LogP contribution in [0.2, 0.25) is 0 Å². The average Bonchev–Trinajstić information content (AvgIpc) is 2.46. The van der Waals surface area contributed by atoms with Gasteiger partial charge in [-0.2, -0.15) is 10.2 Å². The van der Waals surface area contributed by atoms with Gasteiger partial charge in [-0.05, 0) is 0 Å². The molecule has 1 aromatic heterocycles. The normalized spacial score (nSPS) is 10.2. The van der Waals surface area contributed by atoms with Crippen molar-refractivity contribution >= 4 is 29.1 Å². The van der Waals surface area contributed by atoms with Gasteiger partial charge in [-0.3, -0.25) is 10.1 Å². The van der Waals surface area contributed by atoms with E-state index >= 15 is 0 Å². The summed E-state index contributed by atoms with van der Waals surface area (Å²) in [7, 11) is 0. The molecule has 0 spiro atoms. The lowest BCUT2D eigenvalue weighted by Crippen LogP contribution is -2.05. The third-order valence-corrected chi connectivity index (χ3v) is 3.14. The van der Waals surface area contributed by atoms with Crippen molar-refractivity contribution in [1.29, 1.82) is 5.26 Å². The summed E-state index contributed by atoms with van der Waals surface area (Å²) in [5.41, 5.74) is 10.6. The molecule has 0 aliphatic carbocycles. The summed E-state index contributed by atoms with van der Waals surface area (Å²) in [4.78, 5) is 17.8. The number of benzene rings is 1. The average molecular weight is 321 g/mol. The first-order valence-electron chi connectivity index (χ1n) is 5.78. The minimum atomic E-state index is -0.654. The number of nitrogens with zero attached hydrogens (tertiary/aromatic N) is 4. The van der Waals surface area contributed by atoms with Gasteiger partial charge >= 0.3 is 0 Å². The largest absolute Gasteiger partial charge is 0.507 e. The number of anilines is 2. The Morgan fingerprint density at radius 2 is 2.09 bits per heavy atom. The maximum atomic E-state index is 11.0. The van der Waals surface area contributed by atoms with Gasteiger partial charge in [0.1, 0.15) is 23.2 Å².